The monoisotopic (exact) mass is 282 g/mol. The Balaban J connectivity index is 2.56. The first-order valence-electron chi connectivity index (χ1n) is 5.81. The molecule has 0 fully saturated rings. The van der Waals surface area contributed by atoms with Crippen molar-refractivity contribution >= 4 is 17.8 Å². The van der Waals surface area contributed by atoms with E-state index in [0.29, 0.717) is 0 Å². The van der Waals surface area contributed by atoms with Gasteiger partial charge >= 0.3 is 5.97 Å². The third kappa shape index (κ3) is 4.04. The van der Waals surface area contributed by atoms with Gasteiger partial charge in [0.15, 0.2) is 0 Å². The third-order valence-electron chi connectivity index (χ3n) is 2.51. The maximum atomic E-state index is 13.3. The number of carbonyl (C=O) groups is 3. The summed E-state index contributed by atoms with van der Waals surface area (Å²) < 4.78 is 13.3. The van der Waals surface area contributed by atoms with Gasteiger partial charge in [-0.3, -0.25) is 9.59 Å². The highest BCUT2D eigenvalue weighted by Gasteiger charge is 2.28. The van der Waals surface area contributed by atoms with E-state index in [4.69, 9.17) is 5.11 Å². The van der Waals surface area contributed by atoms with Crippen molar-refractivity contribution in [2.24, 2.45) is 0 Å². The topological polar surface area (TPSA) is 95.5 Å². The summed E-state index contributed by atoms with van der Waals surface area (Å²) >= 11 is 0. The quantitative estimate of drug-likeness (QED) is 0.734. The summed E-state index contributed by atoms with van der Waals surface area (Å²) in [5.74, 6) is -3.32. The van der Waals surface area contributed by atoms with Crippen molar-refractivity contribution in [3.05, 3.63) is 35.6 Å². The van der Waals surface area contributed by atoms with Crippen molar-refractivity contribution in [2.75, 3.05) is 6.54 Å². The Morgan fingerprint density at radius 2 is 1.85 bits per heavy atom. The molecule has 0 aliphatic carbocycles. The van der Waals surface area contributed by atoms with Crippen LogP contribution in [0.25, 0.3) is 0 Å². The van der Waals surface area contributed by atoms with Crippen LogP contribution < -0.4 is 10.6 Å². The highest BCUT2D eigenvalue weighted by molar-refractivity contribution is 5.97. The fourth-order valence-electron chi connectivity index (χ4n) is 1.35. The van der Waals surface area contributed by atoms with Crippen molar-refractivity contribution in [3.8, 4) is 0 Å². The highest BCUT2D eigenvalue weighted by atomic mass is 19.1. The van der Waals surface area contributed by atoms with Gasteiger partial charge in [0, 0.05) is 0 Å². The van der Waals surface area contributed by atoms with Gasteiger partial charge in [0.25, 0.3) is 5.91 Å². The van der Waals surface area contributed by atoms with E-state index in [1.807, 2.05) is 0 Å². The van der Waals surface area contributed by atoms with E-state index in [2.05, 4.69) is 10.6 Å². The first-order chi connectivity index (χ1) is 9.24. The van der Waals surface area contributed by atoms with Gasteiger partial charge in [0.05, 0.1) is 12.1 Å². The first-order valence-corrected chi connectivity index (χ1v) is 5.81. The number of nitrogens with one attached hydrogen (secondary N) is 2. The minimum Gasteiger partial charge on any atom is -0.480 e. The normalized spacial score (nSPS) is 10.8. The van der Waals surface area contributed by atoms with Gasteiger partial charge < -0.3 is 15.7 Å². The predicted octanol–water partition coefficient (Wildman–Crippen LogP) is 0.535. The standard InChI is InChI=1S/C13H15FN2O4/c1-13(2,12(19)20)16-10(17)7-15-11(18)8-5-3-4-6-9(8)14/h3-6H,7H2,1-2H3,(H,15,18)(H,16,17)(H,19,20). The van der Waals surface area contributed by atoms with E-state index < -0.39 is 35.7 Å². The van der Waals surface area contributed by atoms with Crippen molar-refractivity contribution in [1.82, 2.24) is 10.6 Å². The van der Waals surface area contributed by atoms with E-state index in [1.165, 1.54) is 32.0 Å². The minimum absolute atomic E-state index is 0.183. The lowest BCUT2D eigenvalue weighted by atomic mass is 10.1. The van der Waals surface area contributed by atoms with Crippen LogP contribution in [0.3, 0.4) is 0 Å². The molecule has 0 saturated carbocycles. The Bertz CT molecular complexity index is 543. The number of aliphatic carboxylic acids is 1. The Labute approximate surface area is 115 Å². The minimum atomic E-state index is -1.44. The molecule has 0 aromatic heterocycles. The molecule has 0 atom stereocenters. The Kier molecular flexibility index (Phi) is 4.79. The molecule has 1 aromatic rings. The summed E-state index contributed by atoms with van der Waals surface area (Å²) in [5.41, 5.74) is -1.63. The molecule has 20 heavy (non-hydrogen) atoms. The highest BCUT2D eigenvalue weighted by Crippen LogP contribution is 2.05. The average molecular weight is 282 g/mol. The van der Waals surface area contributed by atoms with Crippen LogP contribution in [0.1, 0.15) is 24.2 Å². The largest absolute Gasteiger partial charge is 0.480 e. The summed E-state index contributed by atoms with van der Waals surface area (Å²) in [4.78, 5) is 33.9. The number of rotatable bonds is 5. The van der Waals surface area contributed by atoms with E-state index in [1.54, 1.807) is 0 Å². The van der Waals surface area contributed by atoms with E-state index >= 15 is 0 Å². The maximum Gasteiger partial charge on any atom is 0.328 e. The van der Waals surface area contributed by atoms with Gasteiger partial charge in [-0.05, 0) is 26.0 Å². The average Bonchev–Trinajstić information content (AvgIpc) is 2.35. The summed E-state index contributed by atoms with van der Waals surface area (Å²) in [6, 6.07) is 5.34. The molecule has 0 bridgehead atoms. The van der Waals surface area contributed by atoms with Gasteiger partial charge in [-0.25, -0.2) is 9.18 Å². The summed E-state index contributed by atoms with van der Waals surface area (Å²) in [7, 11) is 0. The maximum absolute atomic E-state index is 13.3. The molecule has 0 aliphatic rings. The number of carbonyl (C=O) groups excluding carboxylic acids is 2. The second-order valence-electron chi connectivity index (χ2n) is 4.64. The number of halogens is 1. The van der Waals surface area contributed by atoms with Crippen LogP contribution in [0.5, 0.6) is 0 Å². The zero-order valence-corrected chi connectivity index (χ0v) is 11.1. The second-order valence-corrected chi connectivity index (χ2v) is 4.64. The molecule has 7 heteroatoms. The lowest BCUT2D eigenvalue weighted by Gasteiger charge is -2.21. The summed E-state index contributed by atoms with van der Waals surface area (Å²) in [6.07, 6.45) is 0. The Hall–Kier alpha value is -2.44. The molecular weight excluding hydrogens is 267 g/mol. The molecule has 1 aromatic carbocycles. The molecule has 3 N–H and O–H groups in total. The van der Waals surface area contributed by atoms with E-state index in [0.717, 1.165) is 6.07 Å². The SMILES string of the molecule is CC(C)(NC(=O)CNC(=O)c1ccccc1F)C(=O)O. The van der Waals surface area contributed by atoms with Gasteiger partial charge in [-0.1, -0.05) is 12.1 Å². The number of benzene rings is 1. The van der Waals surface area contributed by atoms with Crippen LogP contribution in [0, 0.1) is 5.82 Å². The third-order valence-corrected chi connectivity index (χ3v) is 2.51. The number of hydrogen-bond donors (Lipinski definition) is 3. The molecule has 0 heterocycles. The van der Waals surface area contributed by atoms with Crippen molar-refractivity contribution in [1.29, 1.82) is 0 Å². The summed E-state index contributed by atoms with van der Waals surface area (Å²) in [5, 5.41) is 13.3. The molecule has 6 nitrogen and oxygen atoms in total. The molecule has 108 valence electrons. The fraction of sp³-hybridized carbons (Fsp3) is 0.308. The summed E-state index contributed by atoms with van der Waals surface area (Å²) in [6.45, 7) is 2.18. The molecular formula is C13H15FN2O4. The smallest absolute Gasteiger partial charge is 0.328 e. The van der Waals surface area contributed by atoms with Crippen molar-refractivity contribution < 1.29 is 23.9 Å². The first kappa shape index (κ1) is 15.6. The van der Waals surface area contributed by atoms with Crippen molar-refractivity contribution in [3.63, 3.8) is 0 Å². The molecule has 0 saturated heterocycles. The van der Waals surface area contributed by atoms with Crippen LogP contribution in [-0.2, 0) is 9.59 Å². The van der Waals surface area contributed by atoms with E-state index in [9.17, 15) is 18.8 Å². The molecule has 0 spiro atoms. The predicted molar refractivity (Wildman–Crippen MR) is 68.6 cm³/mol. The fourth-order valence-corrected chi connectivity index (χ4v) is 1.35. The Morgan fingerprint density at radius 3 is 2.40 bits per heavy atom. The van der Waals surface area contributed by atoms with Gasteiger partial charge in [-0.15, -0.1) is 0 Å². The molecule has 2 amide bonds. The van der Waals surface area contributed by atoms with E-state index in [-0.39, 0.29) is 5.56 Å². The van der Waals surface area contributed by atoms with Gasteiger partial charge in [0.1, 0.15) is 11.4 Å². The lowest BCUT2D eigenvalue weighted by molar-refractivity contribution is -0.145. The lowest BCUT2D eigenvalue weighted by Crippen LogP contribution is -2.52. The molecule has 0 unspecified atom stereocenters. The second kappa shape index (κ2) is 6.14. The van der Waals surface area contributed by atoms with Crippen LogP contribution in [0.4, 0.5) is 4.39 Å². The van der Waals surface area contributed by atoms with Crippen LogP contribution in [-0.4, -0.2) is 35.0 Å². The van der Waals surface area contributed by atoms with Crippen molar-refractivity contribution in [2.45, 2.75) is 19.4 Å². The zero-order valence-electron chi connectivity index (χ0n) is 11.1. The van der Waals surface area contributed by atoms with Crippen LogP contribution in [0.2, 0.25) is 0 Å². The van der Waals surface area contributed by atoms with Gasteiger partial charge in [-0.2, -0.15) is 0 Å². The van der Waals surface area contributed by atoms with Crippen LogP contribution in [0.15, 0.2) is 24.3 Å². The zero-order chi connectivity index (χ0) is 15.3. The molecule has 0 radical (unpaired) electrons. The van der Waals surface area contributed by atoms with Crippen LogP contribution >= 0.6 is 0 Å². The molecule has 0 aliphatic heterocycles. The van der Waals surface area contributed by atoms with Gasteiger partial charge in [0.2, 0.25) is 5.91 Å². The molecule has 1 rings (SSSR count). The number of carboxylic acids is 1. The Morgan fingerprint density at radius 1 is 1.25 bits per heavy atom. The number of amides is 2. The number of carboxylic acid groups (broad SMARTS) is 1. The number of hydrogen-bond acceptors (Lipinski definition) is 3.